The molecule has 0 radical (unpaired) electrons. The lowest BCUT2D eigenvalue weighted by molar-refractivity contribution is 0.0271. The van der Waals surface area contributed by atoms with Crippen LogP contribution >= 0.6 is 0 Å². The Morgan fingerprint density at radius 1 is 1.24 bits per heavy atom. The van der Waals surface area contributed by atoms with E-state index in [4.69, 9.17) is 4.74 Å². The topological polar surface area (TPSA) is 44.1 Å². The molecule has 1 heterocycles. The Morgan fingerprint density at radius 3 is 2.52 bits per heavy atom. The first-order valence-corrected chi connectivity index (χ1v) is 7.45. The molecule has 1 unspecified atom stereocenters. The lowest BCUT2D eigenvalue weighted by Crippen LogP contribution is -2.20. The van der Waals surface area contributed by atoms with Gasteiger partial charge in [0.15, 0.2) is 0 Å². The van der Waals surface area contributed by atoms with Crippen LogP contribution in [0.1, 0.15) is 55.7 Å². The molecule has 0 bridgehead atoms. The van der Waals surface area contributed by atoms with Gasteiger partial charge in [-0.05, 0) is 25.3 Å². The largest absolute Gasteiger partial charge is 0.458 e. The molecule has 0 saturated carbocycles. The van der Waals surface area contributed by atoms with Crippen molar-refractivity contribution in [3.63, 3.8) is 0 Å². The third-order valence-corrected chi connectivity index (χ3v) is 3.76. The van der Waals surface area contributed by atoms with Crippen LogP contribution in [0.5, 0.6) is 0 Å². The molecule has 2 aromatic rings. The number of hydrogen-bond acceptors (Lipinski definition) is 3. The Balaban J connectivity index is 2.20. The minimum Gasteiger partial charge on any atom is -0.458 e. The highest BCUT2D eigenvalue weighted by Crippen LogP contribution is 2.20. The van der Waals surface area contributed by atoms with E-state index in [0.29, 0.717) is 5.69 Å². The second kappa shape index (κ2) is 7.07. The van der Waals surface area contributed by atoms with E-state index in [2.05, 4.69) is 4.98 Å². The summed E-state index contributed by atoms with van der Waals surface area (Å²) in [5.41, 5.74) is 1.63. The zero-order chi connectivity index (χ0) is 15.2. The van der Waals surface area contributed by atoms with Crippen LogP contribution in [0.3, 0.4) is 0 Å². The number of carbonyl (C=O) groups excluding carboxylic acids is 1. The molecule has 0 aliphatic heterocycles. The van der Waals surface area contributed by atoms with Gasteiger partial charge in [0.25, 0.3) is 0 Å². The maximum absolute atomic E-state index is 12.3. The number of benzene rings is 1. The van der Waals surface area contributed by atoms with Gasteiger partial charge in [-0.2, -0.15) is 0 Å². The van der Waals surface area contributed by atoms with Crippen molar-refractivity contribution in [1.82, 2.24) is 9.55 Å². The average molecular weight is 286 g/mol. The maximum atomic E-state index is 12.3. The van der Waals surface area contributed by atoms with E-state index in [1.54, 1.807) is 12.5 Å². The fourth-order valence-corrected chi connectivity index (χ4v) is 2.33. The summed E-state index contributed by atoms with van der Waals surface area (Å²) in [5, 5.41) is 0. The van der Waals surface area contributed by atoms with Crippen molar-refractivity contribution in [3.8, 4) is 0 Å². The minimum absolute atomic E-state index is 0.0344. The number of nitrogens with zero attached hydrogens (tertiary/aromatic N) is 2. The van der Waals surface area contributed by atoms with Crippen molar-refractivity contribution < 1.29 is 9.53 Å². The maximum Gasteiger partial charge on any atom is 0.356 e. The molecule has 0 amide bonds. The fraction of sp³-hybridized carbons (Fsp3) is 0.412. The van der Waals surface area contributed by atoms with E-state index >= 15 is 0 Å². The van der Waals surface area contributed by atoms with Crippen LogP contribution in [0.2, 0.25) is 0 Å². The van der Waals surface area contributed by atoms with Gasteiger partial charge in [0.1, 0.15) is 11.8 Å². The number of ether oxygens (including phenoxy) is 1. The molecule has 0 saturated heterocycles. The number of carbonyl (C=O) groups is 1. The molecule has 0 aliphatic rings. The molecule has 1 aromatic carbocycles. The number of hydrogen-bond donors (Lipinski definition) is 0. The van der Waals surface area contributed by atoms with Crippen LogP contribution in [0.4, 0.5) is 0 Å². The lowest BCUT2D eigenvalue weighted by atomic mass is 10.1. The predicted octanol–water partition coefficient (Wildman–Crippen LogP) is 3.84. The Kier molecular flexibility index (Phi) is 5.14. The Morgan fingerprint density at radius 2 is 1.90 bits per heavy atom. The van der Waals surface area contributed by atoms with Crippen molar-refractivity contribution in [1.29, 1.82) is 0 Å². The van der Waals surface area contributed by atoms with Gasteiger partial charge in [-0.3, -0.25) is 0 Å². The number of esters is 1. The molecule has 0 spiro atoms. The van der Waals surface area contributed by atoms with Gasteiger partial charge in [-0.25, -0.2) is 9.78 Å². The summed E-state index contributed by atoms with van der Waals surface area (Å²) >= 11 is 0. The Labute approximate surface area is 125 Å². The van der Waals surface area contributed by atoms with E-state index < -0.39 is 0 Å². The second-order valence-corrected chi connectivity index (χ2v) is 5.12. The third-order valence-electron chi connectivity index (χ3n) is 3.76. The van der Waals surface area contributed by atoms with Crippen molar-refractivity contribution in [3.05, 3.63) is 54.1 Å². The second-order valence-electron chi connectivity index (χ2n) is 5.12. The molecule has 21 heavy (non-hydrogen) atoms. The van der Waals surface area contributed by atoms with Crippen molar-refractivity contribution >= 4 is 5.97 Å². The molecule has 4 heteroatoms. The molecule has 0 N–H and O–H groups in total. The first kappa shape index (κ1) is 15.3. The summed E-state index contributed by atoms with van der Waals surface area (Å²) in [7, 11) is 0. The van der Waals surface area contributed by atoms with Crippen LogP contribution in [0.15, 0.2) is 42.9 Å². The van der Waals surface area contributed by atoms with E-state index in [9.17, 15) is 4.79 Å². The summed E-state index contributed by atoms with van der Waals surface area (Å²) in [6, 6.07) is 10.1. The SMILES string of the molecule is CCC(CC)OC(=O)c1cncn1C(C)c1ccccc1. The van der Waals surface area contributed by atoms with Gasteiger partial charge in [-0.15, -0.1) is 0 Å². The van der Waals surface area contributed by atoms with E-state index in [1.807, 2.05) is 55.7 Å². The van der Waals surface area contributed by atoms with Gasteiger partial charge in [-0.1, -0.05) is 44.2 Å². The summed E-state index contributed by atoms with van der Waals surface area (Å²) in [6.07, 6.45) is 4.87. The highest BCUT2D eigenvalue weighted by molar-refractivity contribution is 5.87. The molecule has 1 aromatic heterocycles. The van der Waals surface area contributed by atoms with E-state index in [0.717, 1.165) is 18.4 Å². The summed E-state index contributed by atoms with van der Waals surface area (Å²) in [5.74, 6) is -0.302. The van der Waals surface area contributed by atoms with Crippen LogP contribution in [0.25, 0.3) is 0 Å². The van der Waals surface area contributed by atoms with Crippen molar-refractivity contribution in [2.24, 2.45) is 0 Å². The fourth-order valence-electron chi connectivity index (χ4n) is 2.33. The molecular weight excluding hydrogens is 264 g/mol. The predicted molar refractivity (Wildman–Crippen MR) is 82.3 cm³/mol. The minimum atomic E-state index is -0.302. The van der Waals surface area contributed by atoms with Crippen LogP contribution in [-0.2, 0) is 4.74 Å². The summed E-state index contributed by atoms with van der Waals surface area (Å²) < 4.78 is 7.38. The first-order chi connectivity index (χ1) is 10.2. The van der Waals surface area contributed by atoms with E-state index in [-0.39, 0.29) is 18.1 Å². The zero-order valence-corrected chi connectivity index (χ0v) is 12.8. The average Bonchev–Trinajstić information content (AvgIpc) is 3.02. The number of imidazole rings is 1. The van der Waals surface area contributed by atoms with Gasteiger partial charge in [0, 0.05) is 0 Å². The molecule has 4 nitrogen and oxygen atoms in total. The van der Waals surface area contributed by atoms with Gasteiger partial charge >= 0.3 is 5.97 Å². The number of rotatable bonds is 6. The summed E-state index contributed by atoms with van der Waals surface area (Å²) in [6.45, 7) is 6.08. The van der Waals surface area contributed by atoms with Crippen LogP contribution < -0.4 is 0 Å². The molecule has 112 valence electrons. The Hall–Kier alpha value is -2.10. The molecular formula is C17H22N2O2. The highest BCUT2D eigenvalue weighted by atomic mass is 16.5. The highest BCUT2D eigenvalue weighted by Gasteiger charge is 2.20. The van der Waals surface area contributed by atoms with E-state index in [1.165, 1.54) is 0 Å². The molecule has 0 fully saturated rings. The molecule has 0 aliphatic carbocycles. The molecule has 1 atom stereocenters. The molecule has 2 rings (SSSR count). The first-order valence-electron chi connectivity index (χ1n) is 7.45. The van der Waals surface area contributed by atoms with Crippen molar-refractivity contribution in [2.45, 2.75) is 45.8 Å². The zero-order valence-electron chi connectivity index (χ0n) is 12.8. The normalized spacial score (nSPS) is 12.4. The standard InChI is InChI=1S/C17H22N2O2/c1-4-15(5-2)21-17(20)16-11-18-12-19(16)13(3)14-9-7-6-8-10-14/h6-13,15H,4-5H2,1-3H3. The Bertz CT molecular complexity index is 573. The van der Waals surface area contributed by atoms with Gasteiger partial charge in [0.05, 0.1) is 18.6 Å². The number of aromatic nitrogens is 2. The lowest BCUT2D eigenvalue weighted by Gasteiger charge is -2.18. The third kappa shape index (κ3) is 3.51. The van der Waals surface area contributed by atoms with Gasteiger partial charge in [0.2, 0.25) is 0 Å². The summed E-state index contributed by atoms with van der Waals surface area (Å²) in [4.78, 5) is 16.4. The van der Waals surface area contributed by atoms with Crippen molar-refractivity contribution in [2.75, 3.05) is 0 Å². The van der Waals surface area contributed by atoms with Crippen LogP contribution in [0, 0.1) is 0 Å². The quantitative estimate of drug-likeness (QED) is 0.758. The van der Waals surface area contributed by atoms with Crippen LogP contribution in [-0.4, -0.2) is 21.6 Å². The monoisotopic (exact) mass is 286 g/mol. The smallest absolute Gasteiger partial charge is 0.356 e. The van der Waals surface area contributed by atoms with Gasteiger partial charge < -0.3 is 9.30 Å².